The molecular weight excluding hydrogens is 438 g/mol. The molecule has 2 amide bonds. The normalized spacial score (nSPS) is 10.6. The Kier molecular flexibility index (Phi) is 6.85. The van der Waals surface area contributed by atoms with Crippen molar-refractivity contribution < 1.29 is 18.7 Å². The second-order valence-electron chi connectivity index (χ2n) is 7.35. The van der Waals surface area contributed by atoms with Crippen LogP contribution in [0.15, 0.2) is 71.1 Å². The third-order valence-electron chi connectivity index (χ3n) is 4.79. The van der Waals surface area contributed by atoms with Gasteiger partial charge in [0.1, 0.15) is 17.2 Å². The smallest absolute Gasteiger partial charge is 0.265 e. The van der Waals surface area contributed by atoms with Crippen LogP contribution in [-0.2, 0) is 11.3 Å². The topological polar surface area (TPSA) is 93.5 Å². The number of aryl methyl sites for hydroxylation is 2. The summed E-state index contributed by atoms with van der Waals surface area (Å²) in [6.45, 7) is 3.90. The van der Waals surface area contributed by atoms with E-state index in [4.69, 9.17) is 9.15 Å². The SMILES string of the molecule is Cc1ccc(C(=O)Nc2cccc(-c3nc(CNC(=O)COc4ccccc4)c(C)o3)c2)s1. The van der Waals surface area contributed by atoms with Gasteiger partial charge in [0.2, 0.25) is 5.89 Å². The van der Waals surface area contributed by atoms with Crippen LogP contribution >= 0.6 is 11.3 Å². The Morgan fingerprint density at radius 2 is 1.85 bits per heavy atom. The van der Waals surface area contributed by atoms with Crippen LogP contribution < -0.4 is 15.4 Å². The molecule has 7 nitrogen and oxygen atoms in total. The number of rotatable bonds is 8. The summed E-state index contributed by atoms with van der Waals surface area (Å²) in [6.07, 6.45) is 0. The van der Waals surface area contributed by atoms with Gasteiger partial charge in [-0.1, -0.05) is 24.3 Å². The van der Waals surface area contributed by atoms with E-state index in [2.05, 4.69) is 15.6 Å². The van der Waals surface area contributed by atoms with Crippen molar-refractivity contribution in [3.05, 3.63) is 87.9 Å². The summed E-state index contributed by atoms with van der Waals surface area (Å²) in [4.78, 5) is 30.8. The Balaban J connectivity index is 1.37. The fourth-order valence-corrected chi connectivity index (χ4v) is 3.86. The monoisotopic (exact) mass is 461 g/mol. The number of carbonyl (C=O) groups excluding carboxylic acids is 2. The van der Waals surface area contributed by atoms with Crippen molar-refractivity contribution in [3.8, 4) is 17.2 Å². The molecular formula is C25H23N3O4S. The number of carbonyl (C=O) groups is 2. The van der Waals surface area contributed by atoms with Crippen LogP contribution in [-0.4, -0.2) is 23.4 Å². The van der Waals surface area contributed by atoms with Crippen LogP contribution in [0.4, 0.5) is 5.69 Å². The van der Waals surface area contributed by atoms with E-state index in [1.807, 2.05) is 55.5 Å². The number of amides is 2. The molecule has 2 heterocycles. The molecule has 2 aromatic heterocycles. The molecule has 8 heteroatoms. The first kappa shape index (κ1) is 22.3. The molecule has 0 atom stereocenters. The van der Waals surface area contributed by atoms with Crippen molar-refractivity contribution in [1.82, 2.24) is 10.3 Å². The zero-order chi connectivity index (χ0) is 23.2. The lowest BCUT2D eigenvalue weighted by molar-refractivity contribution is -0.123. The predicted molar refractivity (Wildman–Crippen MR) is 127 cm³/mol. The molecule has 4 rings (SSSR count). The molecule has 2 aromatic carbocycles. The van der Waals surface area contributed by atoms with Gasteiger partial charge in [0.15, 0.2) is 6.61 Å². The van der Waals surface area contributed by atoms with Gasteiger partial charge in [-0.05, 0) is 56.3 Å². The van der Waals surface area contributed by atoms with E-state index in [9.17, 15) is 9.59 Å². The van der Waals surface area contributed by atoms with Gasteiger partial charge in [0, 0.05) is 16.1 Å². The van der Waals surface area contributed by atoms with E-state index in [0.29, 0.717) is 33.7 Å². The highest BCUT2D eigenvalue weighted by molar-refractivity contribution is 7.14. The molecule has 0 bridgehead atoms. The summed E-state index contributed by atoms with van der Waals surface area (Å²) < 4.78 is 11.3. The van der Waals surface area contributed by atoms with E-state index >= 15 is 0 Å². The summed E-state index contributed by atoms with van der Waals surface area (Å²) in [5.74, 6) is 1.25. The number of nitrogens with one attached hydrogen (secondary N) is 2. The first-order chi connectivity index (χ1) is 16.0. The summed E-state index contributed by atoms with van der Waals surface area (Å²) in [5, 5.41) is 5.69. The minimum absolute atomic E-state index is 0.0841. The third kappa shape index (κ3) is 5.87. The van der Waals surface area contributed by atoms with Crippen LogP contribution in [0.1, 0.15) is 26.0 Å². The van der Waals surface area contributed by atoms with Crippen LogP contribution in [0.25, 0.3) is 11.5 Å². The summed E-state index contributed by atoms with van der Waals surface area (Å²) in [7, 11) is 0. The molecule has 0 aliphatic rings. The summed E-state index contributed by atoms with van der Waals surface area (Å²) in [6, 6.07) is 20.2. The zero-order valence-corrected chi connectivity index (χ0v) is 19.1. The fourth-order valence-electron chi connectivity index (χ4n) is 3.09. The third-order valence-corrected chi connectivity index (χ3v) is 5.79. The molecule has 0 aliphatic heterocycles. The lowest BCUT2D eigenvalue weighted by Gasteiger charge is -2.06. The number of benzene rings is 2. The van der Waals surface area contributed by atoms with E-state index < -0.39 is 0 Å². The van der Waals surface area contributed by atoms with Gasteiger partial charge in [0.05, 0.1) is 11.4 Å². The van der Waals surface area contributed by atoms with Gasteiger partial charge in [-0.2, -0.15) is 0 Å². The molecule has 0 radical (unpaired) electrons. The summed E-state index contributed by atoms with van der Waals surface area (Å²) >= 11 is 1.44. The van der Waals surface area contributed by atoms with Gasteiger partial charge >= 0.3 is 0 Å². The van der Waals surface area contributed by atoms with Crippen molar-refractivity contribution in [2.24, 2.45) is 0 Å². The molecule has 0 aliphatic carbocycles. The largest absolute Gasteiger partial charge is 0.484 e. The molecule has 0 spiro atoms. The fraction of sp³-hybridized carbons (Fsp3) is 0.160. The number of ether oxygens (including phenoxy) is 1. The van der Waals surface area contributed by atoms with Crippen molar-refractivity contribution >= 4 is 28.8 Å². The standard InChI is InChI=1S/C25H23N3O4S/c1-16-11-12-22(33-16)24(30)27-19-8-6-7-18(13-19)25-28-21(17(2)32-25)14-26-23(29)15-31-20-9-4-3-5-10-20/h3-13H,14-15H2,1-2H3,(H,26,29)(H,27,30). The van der Waals surface area contributed by atoms with E-state index in [0.717, 1.165) is 10.4 Å². The minimum Gasteiger partial charge on any atom is -0.484 e. The Morgan fingerprint density at radius 1 is 1.03 bits per heavy atom. The highest BCUT2D eigenvalue weighted by Gasteiger charge is 2.14. The van der Waals surface area contributed by atoms with E-state index in [1.54, 1.807) is 25.1 Å². The van der Waals surface area contributed by atoms with Crippen molar-refractivity contribution in [1.29, 1.82) is 0 Å². The number of hydrogen-bond donors (Lipinski definition) is 2. The van der Waals surface area contributed by atoms with Gasteiger partial charge in [-0.25, -0.2) is 4.98 Å². The van der Waals surface area contributed by atoms with Crippen LogP contribution in [0, 0.1) is 13.8 Å². The Labute approximate surface area is 195 Å². The van der Waals surface area contributed by atoms with Crippen molar-refractivity contribution in [3.63, 3.8) is 0 Å². The van der Waals surface area contributed by atoms with Crippen molar-refractivity contribution in [2.45, 2.75) is 20.4 Å². The highest BCUT2D eigenvalue weighted by atomic mass is 32.1. The van der Waals surface area contributed by atoms with Gasteiger partial charge in [-0.3, -0.25) is 9.59 Å². The average Bonchev–Trinajstić information content (AvgIpc) is 3.42. The Morgan fingerprint density at radius 3 is 2.61 bits per heavy atom. The number of thiophene rings is 1. The lowest BCUT2D eigenvalue weighted by atomic mass is 10.2. The first-order valence-electron chi connectivity index (χ1n) is 10.4. The van der Waals surface area contributed by atoms with Gasteiger partial charge in [-0.15, -0.1) is 11.3 Å². The maximum absolute atomic E-state index is 12.4. The molecule has 0 saturated heterocycles. The average molecular weight is 462 g/mol. The Bertz CT molecular complexity index is 1260. The molecule has 0 unspecified atom stereocenters. The number of para-hydroxylation sites is 1. The van der Waals surface area contributed by atoms with Crippen LogP contribution in [0.5, 0.6) is 5.75 Å². The molecule has 0 fully saturated rings. The molecule has 168 valence electrons. The number of oxazole rings is 1. The second kappa shape index (κ2) is 10.1. The van der Waals surface area contributed by atoms with Crippen LogP contribution in [0.3, 0.4) is 0 Å². The number of nitrogens with zero attached hydrogens (tertiary/aromatic N) is 1. The van der Waals surface area contributed by atoms with Crippen LogP contribution in [0.2, 0.25) is 0 Å². The number of anilines is 1. The quantitative estimate of drug-likeness (QED) is 0.387. The van der Waals surface area contributed by atoms with Crippen molar-refractivity contribution in [2.75, 3.05) is 11.9 Å². The lowest BCUT2D eigenvalue weighted by Crippen LogP contribution is -2.28. The molecule has 2 N–H and O–H groups in total. The number of hydrogen-bond acceptors (Lipinski definition) is 6. The predicted octanol–water partition coefficient (Wildman–Crippen LogP) is 4.97. The van der Waals surface area contributed by atoms with Gasteiger partial charge < -0.3 is 19.8 Å². The Hall–Kier alpha value is -3.91. The maximum Gasteiger partial charge on any atom is 0.265 e. The minimum atomic E-state index is -0.253. The first-order valence-corrected chi connectivity index (χ1v) is 11.2. The number of aromatic nitrogens is 1. The van der Waals surface area contributed by atoms with E-state index in [1.165, 1.54) is 11.3 Å². The highest BCUT2D eigenvalue weighted by Crippen LogP contribution is 2.25. The van der Waals surface area contributed by atoms with Gasteiger partial charge in [0.25, 0.3) is 11.8 Å². The molecule has 4 aromatic rings. The molecule has 0 saturated carbocycles. The second-order valence-corrected chi connectivity index (χ2v) is 8.63. The summed E-state index contributed by atoms with van der Waals surface area (Å²) in [5.41, 5.74) is 2.00. The van der Waals surface area contributed by atoms with E-state index in [-0.39, 0.29) is 25.0 Å². The zero-order valence-electron chi connectivity index (χ0n) is 18.3. The molecule has 33 heavy (non-hydrogen) atoms. The maximum atomic E-state index is 12.4.